The first-order chi connectivity index (χ1) is 11.7. The minimum Gasteiger partial charge on any atom is -0.364 e. The molecule has 0 unspecified atom stereocenters. The Bertz CT molecular complexity index is 981. The molecule has 120 valence electrons. The summed E-state index contributed by atoms with van der Waals surface area (Å²) in [6, 6.07) is 13.0. The topological polar surface area (TPSA) is 119 Å². The number of aryl methyl sites for hydroxylation is 1. The van der Waals surface area contributed by atoms with Gasteiger partial charge in [-0.25, -0.2) is 0 Å². The van der Waals surface area contributed by atoms with Gasteiger partial charge in [-0.1, -0.05) is 18.2 Å². The Morgan fingerprint density at radius 2 is 2.00 bits per heavy atom. The van der Waals surface area contributed by atoms with Gasteiger partial charge in [0.25, 0.3) is 5.56 Å². The van der Waals surface area contributed by atoms with Gasteiger partial charge < -0.3 is 5.73 Å². The summed E-state index contributed by atoms with van der Waals surface area (Å²) in [4.78, 5) is 20.9. The van der Waals surface area contributed by atoms with Crippen molar-refractivity contribution in [2.75, 3.05) is 0 Å². The number of hydrogen-bond donors (Lipinski definition) is 2. The third-order valence-electron chi connectivity index (χ3n) is 3.38. The van der Waals surface area contributed by atoms with E-state index in [2.05, 4.69) is 20.3 Å². The SMILES string of the molecule is N/C(CCc1cccc(-c2nc(=O)c3ccccc3s2)n1)=N\N=[NH2+]. The van der Waals surface area contributed by atoms with Crippen LogP contribution < -0.4 is 16.8 Å². The molecule has 0 saturated carbocycles. The molecule has 0 bridgehead atoms. The van der Waals surface area contributed by atoms with Crippen molar-refractivity contribution >= 4 is 27.3 Å². The van der Waals surface area contributed by atoms with E-state index in [0.717, 1.165) is 10.4 Å². The second-order valence-corrected chi connectivity index (χ2v) is 6.07. The smallest absolute Gasteiger partial charge is 0.279 e. The van der Waals surface area contributed by atoms with Gasteiger partial charge in [0.1, 0.15) is 10.2 Å². The number of aromatic nitrogens is 2. The molecular weight excluding hydrogens is 324 g/mol. The van der Waals surface area contributed by atoms with Crippen molar-refractivity contribution in [3.63, 3.8) is 0 Å². The molecule has 1 aromatic carbocycles. The molecule has 0 amide bonds. The third-order valence-corrected chi connectivity index (χ3v) is 4.45. The third kappa shape index (κ3) is 3.49. The molecule has 0 aliphatic heterocycles. The average Bonchev–Trinajstić information content (AvgIpc) is 2.60. The Morgan fingerprint density at radius 1 is 1.17 bits per heavy atom. The summed E-state index contributed by atoms with van der Waals surface area (Å²) in [5, 5.41) is 7.95. The number of amidine groups is 1. The van der Waals surface area contributed by atoms with Crippen molar-refractivity contribution < 1.29 is 5.53 Å². The Morgan fingerprint density at radius 3 is 2.83 bits per heavy atom. The van der Waals surface area contributed by atoms with Gasteiger partial charge in [0.15, 0.2) is 0 Å². The van der Waals surface area contributed by atoms with Gasteiger partial charge >= 0.3 is 0 Å². The Labute approximate surface area is 141 Å². The van der Waals surface area contributed by atoms with Crippen LogP contribution in [-0.2, 0) is 6.42 Å². The lowest BCUT2D eigenvalue weighted by molar-refractivity contribution is -0.221. The average molecular weight is 339 g/mol. The molecule has 2 heterocycles. The molecule has 7 nitrogen and oxygen atoms in total. The van der Waals surface area contributed by atoms with E-state index in [-0.39, 0.29) is 5.56 Å². The Hall–Kier alpha value is -3.00. The van der Waals surface area contributed by atoms with Gasteiger partial charge in [0.05, 0.1) is 16.2 Å². The summed E-state index contributed by atoms with van der Waals surface area (Å²) in [5.74, 6) is 0.346. The zero-order valence-corrected chi connectivity index (χ0v) is 13.5. The summed E-state index contributed by atoms with van der Waals surface area (Å²) in [7, 11) is 0. The predicted octanol–water partition coefficient (Wildman–Crippen LogP) is 1.13. The van der Waals surface area contributed by atoms with E-state index < -0.39 is 0 Å². The lowest BCUT2D eigenvalue weighted by atomic mass is 10.2. The van der Waals surface area contributed by atoms with Crippen LogP contribution in [0.2, 0.25) is 0 Å². The van der Waals surface area contributed by atoms with Crippen LogP contribution in [0.3, 0.4) is 0 Å². The lowest BCUT2D eigenvalue weighted by Gasteiger charge is -2.04. The first-order valence-electron chi connectivity index (χ1n) is 7.26. The molecule has 4 N–H and O–H groups in total. The Balaban J connectivity index is 1.93. The summed E-state index contributed by atoms with van der Waals surface area (Å²) in [5.41, 5.74) is 11.9. The van der Waals surface area contributed by atoms with Crippen LogP contribution >= 0.6 is 11.3 Å². The number of hydrogen-bond acceptors (Lipinski definition) is 5. The fourth-order valence-electron chi connectivity index (χ4n) is 2.24. The summed E-state index contributed by atoms with van der Waals surface area (Å²) >= 11 is 1.44. The van der Waals surface area contributed by atoms with Crippen LogP contribution in [0.4, 0.5) is 0 Å². The van der Waals surface area contributed by atoms with Crippen LogP contribution in [0.1, 0.15) is 12.1 Å². The van der Waals surface area contributed by atoms with Crippen LogP contribution in [0.15, 0.2) is 57.6 Å². The highest BCUT2D eigenvalue weighted by molar-refractivity contribution is 7.21. The molecule has 0 aliphatic carbocycles. The van der Waals surface area contributed by atoms with Crippen molar-refractivity contribution in [1.29, 1.82) is 0 Å². The fourth-order valence-corrected chi connectivity index (χ4v) is 3.21. The largest absolute Gasteiger partial charge is 0.364 e. The van der Waals surface area contributed by atoms with Gasteiger partial charge in [-0.05, 0) is 30.7 Å². The molecule has 0 aliphatic rings. The number of benzene rings is 1. The highest BCUT2D eigenvalue weighted by Gasteiger charge is 2.09. The molecule has 0 fully saturated rings. The normalized spacial score (nSPS) is 11.6. The molecule has 8 heteroatoms. The monoisotopic (exact) mass is 339 g/mol. The second kappa shape index (κ2) is 7.05. The van der Waals surface area contributed by atoms with E-state index in [9.17, 15) is 4.79 Å². The first-order valence-corrected chi connectivity index (χ1v) is 8.07. The standard InChI is InChI=1S/C16H14N6OS/c17-14(21-22-18)9-8-10-4-3-6-12(19-10)16-20-15(23)11-5-1-2-7-13(11)24-16/h1-7H,8-9H2,(H3,17,18,21)/p+1. The highest BCUT2D eigenvalue weighted by Crippen LogP contribution is 2.24. The maximum Gasteiger partial charge on any atom is 0.279 e. The van der Waals surface area contributed by atoms with E-state index in [1.807, 2.05) is 36.4 Å². The van der Waals surface area contributed by atoms with Gasteiger partial charge in [0, 0.05) is 16.8 Å². The van der Waals surface area contributed by atoms with Crippen molar-refractivity contribution in [2.45, 2.75) is 12.8 Å². The van der Waals surface area contributed by atoms with E-state index in [1.165, 1.54) is 11.3 Å². The molecule has 0 spiro atoms. The molecule has 3 rings (SSSR count). The Kier molecular flexibility index (Phi) is 4.66. The predicted molar refractivity (Wildman–Crippen MR) is 93.4 cm³/mol. The summed E-state index contributed by atoms with van der Waals surface area (Å²) in [6.07, 6.45) is 1.10. The number of pyridine rings is 1. The molecule has 3 aromatic rings. The number of nitrogens with zero attached hydrogens (tertiary/aromatic N) is 4. The number of rotatable bonds is 5. The molecule has 2 aromatic heterocycles. The van der Waals surface area contributed by atoms with E-state index in [4.69, 9.17) is 11.3 Å². The van der Waals surface area contributed by atoms with Gasteiger partial charge in [0.2, 0.25) is 5.84 Å². The van der Waals surface area contributed by atoms with Gasteiger partial charge in [-0.2, -0.15) is 10.5 Å². The van der Waals surface area contributed by atoms with E-state index in [1.54, 1.807) is 6.07 Å². The van der Waals surface area contributed by atoms with Gasteiger partial charge in [-0.3, -0.25) is 9.78 Å². The zero-order valence-electron chi connectivity index (χ0n) is 12.7. The zero-order chi connectivity index (χ0) is 16.9. The summed E-state index contributed by atoms with van der Waals surface area (Å²) < 4.78 is 0.889. The maximum atomic E-state index is 12.2. The molecule has 24 heavy (non-hydrogen) atoms. The fraction of sp³-hybridized carbons (Fsp3) is 0.125. The van der Waals surface area contributed by atoms with Crippen molar-refractivity contribution in [3.8, 4) is 10.7 Å². The molecule has 0 atom stereocenters. The first kappa shape index (κ1) is 15.9. The van der Waals surface area contributed by atoms with Crippen LogP contribution in [0.5, 0.6) is 0 Å². The number of fused-ring (bicyclic) bond motifs is 1. The molecular formula is C16H15N6OS+. The molecule has 0 saturated heterocycles. The highest BCUT2D eigenvalue weighted by atomic mass is 32.1. The second-order valence-electron chi connectivity index (χ2n) is 5.04. The van der Waals surface area contributed by atoms with Gasteiger partial charge in [-0.15, -0.1) is 11.3 Å². The maximum absolute atomic E-state index is 12.2. The van der Waals surface area contributed by atoms with Crippen LogP contribution in [0, 0.1) is 0 Å². The van der Waals surface area contributed by atoms with E-state index >= 15 is 0 Å². The molecule has 0 radical (unpaired) electrons. The van der Waals surface area contributed by atoms with Crippen molar-refractivity contribution in [2.24, 2.45) is 16.1 Å². The van der Waals surface area contributed by atoms with Crippen LogP contribution in [-0.4, -0.2) is 15.8 Å². The van der Waals surface area contributed by atoms with Crippen LogP contribution in [0.25, 0.3) is 20.8 Å². The lowest BCUT2D eigenvalue weighted by Crippen LogP contribution is -2.23. The minimum atomic E-state index is -0.243. The van der Waals surface area contributed by atoms with Crippen molar-refractivity contribution in [3.05, 3.63) is 58.5 Å². The number of nitrogens with two attached hydrogens (primary N) is 2. The quantitative estimate of drug-likeness (QED) is 0.313. The van der Waals surface area contributed by atoms with Crippen molar-refractivity contribution in [1.82, 2.24) is 9.97 Å². The summed E-state index contributed by atoms with van der Waals surface area (Å²) in [6.45, 7) is 0. The minimum absolute atomic E-state index is 0.243. The van der Waals surface area contributed by atoms with E-state index in [0.29, 0.717) is 34.8 Å².